The first kappa shape index (κ1) is 14.8. The van der Waals surface area contributed by atoms with Crippen LogP contribution in [-0.4, -0.2) is 6.04 Å². The van der Waals surface area contributed by atoms with E-state index in [1.807, 2.05) is 0 Å². The lowest BCUT2D eigenvalue weighted by Crippen LogP contribution is -2.46. The average molecular weight is 285 g/mol. The molecule has 2 atom stereocenters. The Kier molecular flexibility index (Phi) is 4.49. The van der Waals surface area contributed by atoms with Crippen molar-refractivity contribution in [2.24, 2.45) is 17.2 Å². The summed E-state index contributed by atoms with van der Waals surface area (Å²) in [7, 11) is 0. The molecule has 2 unspecified atom stereocenters. The lowest BCUT2D eigenvalue weighted by Gasteiger charge is -2.34. The van der Waals surface area contributed by atoms with Crippen molar-refractivity contribution in [2.45, 2.75) is 45.6 Å². The summed E-state index contributed by atoms with van der Waals surface area (Å²) in [6.45, 7) is 4.53. The molecule has 0 spiro atoms. The summed E-state index contributed by atoms with van der Waals surface area (Å²) in [5.74, 6) is 5.96. The molecule has 0 heterocycles. The maximum Gasteiger partial charge on any atom is 0.126 e. The molecule has 1 aromatic rings. The molecule has 3 N–H and O–H groups in total. The van der Waals surface area contributed by atoms with Gasteiger partial charge in [-0.3, -0.25) is 11.3 Å². The summed E-state index contributed by atoms with van der Waals surface area (Å²) in [6.07, 6.45) is 4.14. The van der Waals surface area contributed by atoms with Gasteiger partial charge in [0.2, 0.25) is 0 Å². The van der Waals surface area contributed by atoms with E-state index in [4.69, 9.17) is 17.4 Å². The van der Waals surface area contributed by atoms with E-state index in [-0.39, 0.29) is 17.3 Å². The van der Waals surface area contributed by atoms with Crippen LogP contribution in [0.2, 0.25) is 5.02 Å². The van der Waals surface area contributed by atoms with E-state index in [1.165, 1.54) is 18.9 Å². The predicted molar refractivity (Wildman–Crippen MR) is 77.3 cm³/mol. The average Bonchev–Trinajstić information content (AvgIpc) is 2.70. The van der Waals surface area contributed by atoms with Gasteiger partial charge in [-0.1, -0.05) is 31.9 Å². The van der Waals surface area contributed by atoms with Crippen LogP contribution in [0.1, 0.15) is 38.7 Å². The maximum atomic E-state index is 13.8. The zero-order valence-corrected chi connectivity index (χ0v) is 12.3. The van der Waals surface area contributed by atoms with Crippen molar-refractivity contribution in [3.05, 3.63) is 34.6 Å². The molecule has 4 heteroatoms. The van der Waals surface area contributed by atoms with Crippen molar-refractivity contribution in [3.63, 3.8) is 0 Å². The third-order valence-corrected chi connectivity index (χ3v) is 4.72. The molecule has 0 bridgehead atoms. The fourth-order valence-electron chi connectivity index (χ4n) is 3.35. The summed E-state index contributed by atoms with van der Waals surface area (Å²) >= 11 is 5.94. The molecule has 1 aromatic carbocycles. The normalized spacial score (nSPS) is 23.5. The largest absolute Gasteiger partial charge is 0.271 e. The van der Waals surface area contributed by atoms with E-state index < -0.39 is 0 Å². The van der Waals surface area contributed by atoms with Gasteiger partial charge >= 0.3 is 0 Å². The lowest BCUT2D eigenvalue weighted by atomic mass is 9.76. The fourth-order valence-corrected chi connectivity index (χ4v) is 3.55. The molecule has 1 saturated carbocycles. The Morgan fingerprint density at radius 3 is 2.84 bits per heavy atom. The van der Waals surface area contributed by atoms with Crippen LogP contribution in [-0.2, 0) is 6.42 Å². The van der Waals surface area contributed by atoms with Crippen molar-refractivity contribution in [3.8, 4) is 0 Å². The first-order valence-corrected chi connectivity index (χ1v) is 7.22. The number of nitrogens with one attached hydrogen (secondary N) is 1. The number of hydrogen-bond acceptors (Lipinski definition) is 2. The molecule has 0 aromatic heterocycles. The zero-order valence-electron chi connectivity index (χ0n) is 11.5. The fraction of sp³-hybridized carbons (Fsp3) is 0.600. The van der Waals surface area contributed by atoms with E-state index in [9.17, 15) is 4.39 Å². The highest BCUT2D eigenvalue weighted by atomic mass is 35.5. The van der Waals surface area contributed by atoms with Crippen molar-refractivity contribution in [1.29, 1.82) is 0 Å². The summed E-state index contributed by atoms with van der Waals surface area (Å²) in [5, 5.41) is 0.567. The molecule has 1 fully saturated rings. The van der Waals surface area contributed by atoms with Crippen LogP contribution in [0.15, 0.2) is 18.2 Å². The van der Waals surface area contributed by atoms with Crippen molar-refractivity contribution in [1.82, 2.24) is 5.43 Å². The molecular weight excluding hydrogens is 263 g/mol. The van der Waals surface area contributed by atoms with Crippen LogP contribution < -0.4 is 11.3 Å². The van der Waals surface area contributed by atoms with Crippen LogP contribution in [0.5, 0.6) is 0 Å². The highest BCUT2D eigenvalue weighted by molar-refractivity contribution is 6.30. The van der Waals surface area contributed by atoms with Crippen LogP contribution >= 0.6 is 11.6 Å². The minimum absolute atomic E-state index is 0.0884. The van der Waals surface area contributed by atoms with E-state index in [2.05, 4.69) is 19.3 Å². The second-order valence-electron chi connectivity index (χ2n) is 6.20. The van der Waals surface area contributed by atoms with E-state index in [1.54, 1.807) is 12.1 Å². The molecule has 0 saturated heterocycles. The Hall–Kier alpha value is -0.640. The smallest absolute Gasteiger partial charge is 0.126 e. The Morgan fingerprint density at radius 2 is 2.26 bits per heavy atom. The molecule has 19 heavy (non-hydrogen) atoms. The van der Waals surface area contributed by atoms with Crippen LogP contribution in [0.3, 0.4) is 0 Å². The molecule has 2 nitrogen and oxygen atoms in total. The van der Waals surface area contributed by atoms with Crippen molar-refractivity contribution < 1.29 is 4.39 Å². The monoisotopic (exact) mass is 284 g/mol. The van der Waals surface area contributed by atoms with Gasteiger partial charge in [0.25, 0.3) is 0 Å². The summed E-state index contributed by atoms with van der Waals surface area (Å²) < 4.78 is 13.8. The van der Waals surface area contributed by atoms with Gasteiger partial charge < -0.3 is 0 Å². The van der Waals surface area contributed by atoms with Gasteiger partial charge in [0.15, 0.2) is 0 Å². The van der Waals surface area contributed by atoms with E-state index in [0.717, 1.165) is 6.42 Å². The van der Waals surface area contributed by atoms with Gasteiger partial charge in [-0.15, -0.1) is 0 Å². The van der Waals surface area contributed by atoms with Crippen molar-refractivity contribution in [2.75, 3.05) is 0 Å². The summed E-state index contributed by atoms with van der Waals surface area (Å²) in [5.41, 5.74) is 3.78. The molecule has 0 radical (unpaired) electrons. The second kappa shape index (κ2) is 5.78. The summed E-state index contributed by atoms with van der Waals surface area (Å²) in [6, 6.07) is 4.78. The van der Waals surface area contributed by atoms with Gasteiger partial charge in [0.1, 0.15) is 5.82 Å². The molecule has 106 valence electrons. The minimum Gasteiger partial charge on any atom is -0.271 e. The highest BCUT2D eigenvalue weighted by Gasteiger charge is 2.39. The molecule has 1 aliphatic carbocycles. The number of halogens is 2. The van der Waals surface area contributed by atoms with Gasteiger partial charge in [0.05, 0.1) is 0 Å². The summed E-state index contributed by atoms with van der Waals surface area (Å²) in [4.78, 5) is 0. The molecule has 0 aliphatic heterocycles. The Labute approximate surface area is 119 Å². The number of rotatable bonds is 4. The highest BCUT2D eigenvalue weighted by Crippen LogP contribution is 2.44. The van der Waals surface area contributed by atoms with Crippen LogP contribution in [0.4, 0.5) is 4.39 Å². The lowest BCUT2D eigenvalue weighted by molar-refractivity contribution is 0.195. The SMILES string of the molecule is CC1(C)CCCC1C(Cc1cc(Cl)ccc1F)NN. The second-order valence-corrected chi connectivity index (χ2v) is 6.64. The Morgan fingerprint density at radius 1 is 1.53 bits per heavy atom. The minimum atomic E-state index is -0.208. The van der Waals surface area contributed by atoms with Gasteiger partial charge in [-0.25, -0.2) is 4.39 Å². The zero-order chi connectivity index (χ0) is 14.0. The third-order valence-electron chi connectivity index (χ3n) is 4.49. The van der Waals surface area contributed by atoms with E-state index >= 15 is 0 Å². The number of hydrogen-bond donors (Lipinski definition) is 2. The topological polar surface area (TPSA) is 38.0 Å². The molecule has 2 rings (SSSR count). The first-order valence-electron chi connectivity index (χ1n) is 6.84. The third kappa shape index (κ3) is 3.28. The Balaban J connectivity index is 2.17. The standard InChI is InChI=1S/C15H22ClFN2/c1-15(2)7-3-4-12(15)14(19-18)9-10-8-11(16)5-6-13(10)17/h5-6,8,12,14,19H,3-4,7,9,18H2,1-2H3. The van der Waals surface area contributed by atoms with Crippen LogP contribution in [0, 0.1) is 17.2 Å². The molecular formula is C15H22ClFN2. The molecule has 0 amide bonds. The van der Waals surface area contributed by atoms with Gasteiger partial charge in [0, 0.05) is 11.1 Å². The number of nitrogens with two attached hydrogens (primary N) is 1. The molecule has 1 aliphatic rings. The van der Waals surface area contributed by atoms with Crippen molar-refractivity contribution >= 4 is 11.6 Å². The Bertz CT molecular complexity index is 448. The van der Waals surface area contributed by atoms with E-state index in [0.29, 0.717) is 22.9 Å². The maximum absolute atomic E-state index is 13.8. The first-order chi connectivity index (χ1) is 8.94. The van der Waals surface area contributed by atoms with Gasteiger partial charge in [-0.05, 0) is 54.4 Å². The number of hydrazine groups is 1. The van der Waals surface area contributed by atoms with Gasteiger partial charge in [-0.2, -0.15) is 0 Å². The number of benzene rings is 1. The quantitative estimate of drug-likeness (QED) is 0.654. The van der Waals surface area contributed by atoms with Crippen LogP contribution in [0.25, 0.3) is 0 Å². The predicted octanol–water partition coefficient (Wildman–Crippen LogP) is 3.68.